The van der Waals surface area contributed by atoms with Crippen LogP contribution in [0.15, 0.2) is 48.5 Å². The fourth-order valence-corrected chi connectivity index (χ4v) is 2.47. The largest absolute Gasteiger partial charge is 0.497 e. The van der Waals surface area contributed by atoms with Gasteiger partial charge in [0.15, 0.2) is 0 Å². The van der Waals surface area contributed by atoms with Gasteiger partial charge < -0.3 is 10.1 Å². The van der Waals surface area contributed by atoms with Crippen molar-refractivity contribution in [2.24, 2.45) is 0 Å². The SMILES string of the molecule is CCC(NC(=O)CCc1cccc(F)c1)c1ccc(OC)cc1. The Morgan fingerprint density at radius 3 is 2.57 bits per heavy atom. The first kappa shape index (κ1) is 17.0. The molecule has 2 aromatic rings. The molecule has 2 rings (SSSR count). The highest BCUT2D eigenvalue weighted by atomic mass is 19.1. The zero-order chi connectivity index (χ0) is 16.7. The number of nitrogens with one attached hydrogen (secondary N) is 1. The first-order chi connectivity index (χ1) is 11.1. The van der Waals surface area contributed by atoms with E-state index < -0.39 is 0 Å². The molecule has 0 aliphatic heterocycles. The lowest BCUT2D eigenvalue weighted by Crippen LogP contribution is -2.28. The van der Waals surface area contributed by atoms with E-state index in [9.17, 15) is 9.18 Å². The molecule has 1 N–H and O–H groups in total. The number of ether oxygens (including phenoxy) is 1. The number of amides is 1. The highest BCUT2D eigenvalue weighted by molar-refractivity contribution is 5.76. The molecule has 4 heteroatoms. The highest BCUT2D eigenvalue weighted by Crippen LogP contribution is 2.20. The van der Waals surface area contributed by atoms with E-state index in [2.05, 4.69) is 5.32 Å². The van der Waals surface area contributed by atoms with Crippen LogP contribution in [0, 0.1) is 5.82 Å². The molecule has 0 bridgehead atoms. The van der Waals surface area contributed by atoms with Crippen molar-refractivity contribution in [1.29, 1.82) is 0 Å². The molecule has 0 heterocycles. The summed E-state index contributed by atoms with van der Waals surface area (Å²) in [6.45, 7) is 2.03. The first-order valence-corrected chi connectivity index (χ1v) is 7.80. The van der Waals surface area contributed by atoms with E-state index in [0.717, 1.165) is 23.3 Å². The van der Waals surface area contributed by atoms with Gasteiger partial charge in [-0.15, -0.1) is 0 Å². The fourth-order valence-electron chi connectivity index (χ4n) is 2.47. The number of rotatable bonds is 7. The summed E-state index contributed by atoms with van der Waals surface area (Å²) in [5.74, 6) is 0.491. The Morgan fingerprint density at radius 1 is 1.22 bits per heavy atom. The third-order valence-electron chi connectivity index (χ3n) is 3.79. The maximum absolute atomic E-state index is 13.1. The van der Waals surface area contributed by atoms with Gasteiger partial charge >= 0.3 is 0 Å². The van der Waals surface area contributed by atoms with E-state index in [1.807, 2.05) is 37.3 Å². The van der Waals surface area contributed by atoms with Crippen molar-refractivity contribution in [2.75, 3.05) is 7.11 Å². The van der Waals surface area contributed by atoms with E-state index in [1.54, 1.807) is 13.2 Å². The molecule has 0 saturated heterocycles. The predicted octanol–water partition coefficient (Wildman–Crippen LogP) is 4.03. The van der Waals surface area contributed by atoms with Crippen LogP contribution in [0.3, 0.4) is 0 Å². The predicted molar refractivity (Wildman–Crippen MR) is 88.9 cm³/mol. The molecule has 0 aliphatic carbocycles. The Morgan fingerprint density at radius 2 is 1.96 bits per heavy atom. The number of halogens is 1. The van der Waals surface area contributed by atoms with E-state index in [1.165, 1.54) is 12.1 Å². The molecule has 0 radical (unpaired) electrons. The Bertz CT molecular complexity index is 640. The minimum Gasteiger partial charge on any atom is -0.497 e. The van der Waals surface area contributed by atoms with Crippen LogP contribution >= 0.6 is 0 Å². The van der Waals surface area contributed by atoms with Gasteiger partial charge in [-0.3, -0.25) is 4.79 Å². The van der Waals surface area contributed by atoms with Crippen LogP contribution in [0.4, 0.5) is 4.39 Å². The zero-order valence-corrected chi connectivity index (χ0v) is 13.5. The van der Waals surface area contributed by atoms with E-state index in [4.69, 9.17) is 4.74 Å². The smallest absolute Gasteiger partial charge is 0.220 e. The van der Waals surface area contributed by atoms with Crippen molar-refractivity contribution in [1.82, 2.24) is 5.32 Å². The molecule has 122 valence electrons. The van der Waals surface area contributed by atoms with Crippen molar-refractivity contribution in [3.8, 4) is 5.75 Å². The Hall–Kier alpha value is -2.36. The second kappa shape index (κ2) is 8.32. The summed E-state index contributed by atoms with van der Waals surface area (Å²) in [5, 5.41) is 3.03. The van der Waals surface area contributed by atoms with Crippen molar-refractivity contribution in [3.63, 3.8) is 0 Å². The number of hydrogen-bond acceptors (Lipinski definition) is 2. The molecular weight excluding hydrogens is 293 g/mol. The van der Waals surface area contributed by atoms with Crippen LogP contribution in [-0.4, -0.2) is 13.0 Å². The lowest BCUT2D eigenvalue weighted by Gasteiger charge is -2.18. The van der Waals surface area contributed by atoms with Crippen LogP contribution in [0.5, 0.6) is 5.75 Å². The Labute approximate surface area is 136 Å². The molecule has 1 amide bonds. The number of methoxy groups -OCH3 is 1. The summed E-state index contributed by atoms with van der Waals surface area (Å²) in [5.41, 5.74) is 1.88. The van der Waals surface area contributed by atoms with Crippen LogP contribution < -0.4 is 10.1 Å². The van der Waals surface area contributed by atoms with Gasteiger partial charge in [-0.2, -0.15) is 0 Å². The van der Waals surface area contributed by atoms with Gasteiger partial charge in [0, 0.05) is 6.42 Å². The maximum atomic E-state index is 13.1. The number of benzene rings is 2. The summed E-state index contributed by atoms with van der Waals surface area (Å²) in [7, 11) is 1.63. The molecule has 2 aromatic carbocycles. The number of carbonyl (C=O) groups excluding carboxylic acids is 1. The Balaban J connectivity index is 1.91. The van der Waals surface area contributed by atoms with Crippen molar-refractivity contribution < 1.29 is 13.9 Å². The summed E-state index contributed by atoms with van der Waals surface area (Å²) in [4.78, 5) is 12.1. The second-order valence-corrected chi connectivity index (χ2v) is 5.43. The highest BCUT2D eigenvalue weighted by Gasteiger charge is 2.13. The van der Waals surface area contributed by atoms with Crippen LogP contribution in [-0.2, 0) is 11.2 Å². The molecule has 0 aliphatic rings. The van der Waals surface area contributed by atoms with Crippen molar-refractivity contribution >= 4 is 5.91 Å². The first-order valence-electron chi connectivity index (χ1n) is 7.80. The molecule has 0 spiro atoms. The summed E-state index contributed by atoms with van der Waals surface area (Å²) >= 11 is 0. The fraction of sp³-hybridized carbons (Fsp3) is 0.316. The van der Waals surface area contributed by atoms with Crippen molar-refractivity contribution in [2.45, 2.75) is 32.2 Å². The van der Waals surface area contributed by atoms with Gasteiger partial charge in [-0.05, 0) is 48.2 Å². The molecular formula is C19H22FNO2. The van der Waals surface area contributed by atoms with Crippen molar-refractivity contribution in [3.05, 3.63) is 65.5 Å². The van der Waals surface area contributed by atoms with Gasteiger partial charge in [0.1, 0.15) is 11.6 Å². The molecule has 3 nitrogen and oxygen atoms in total. The van der Waals surface area contributed by atoms with Crippen LogP contribution in [0.25, 0.3) is 0 Å². The van der Waals surface area contributed by atoms with E-state index >= 15 is 0 Å². The second-order valence-electron chi connectivity index (χ2n) is 5.43. The molecule has 1 unspecified atom stereocenters. The van der Waals surface area contributed by atoms with Gasteiger partial charge in [0.2, 0.25) is 5.91 Å². The van der Waals surface area contributed by atoms with E-state index in [-0.39, 0.29) is 17.8 Å². The normalized spacial score (nSPS) is 11.8. The van der Waals surface area contributed by atoms with Gasteiger partial charge in [0.25, 0.3) is 0 Å². The lowest BCUT2D eigenvalue weighted by molar-refractivity contribution is -0.121. The van der Waals surface area contributed by atoms with E-state index in [0.29, 0.717) is 12.8 Å². The molecule has 23 heavy (non-hydrogen) atoms. The molecule has 0 saturated carbocycles. The van der Waals surface area contributed by atoms with Gasteiger partial charge in [0.05, 0.1) is 13.2 Å². The molecule has 0 fully saturated rings. The minimum atomic E-state index is -0.271. The standard InChI is InChI=1S/C19H22FNO2/c1-3-18(15-8-10-17(23-2)11-9-15)21-19(22)12-7-14-5-4-6-16(20)13-14/h4-6,8-11,13,18H,3,7,12H2,1-2H3,(H,21,22). The number of hydrogen-bond donors (Lipinski definition) is 1. The molecule has 1 atom stereocenters. The summed E-state index contributed by atoms with van der Waals surface area (Å²) in [6.07, 6.45) is 1.68. The third kappa shape index (κ3) is 5.09. The average molecular weight is 315 g/mol. The monoisotopic (exact) mass is 315 g/mol. The quantitative estimate of drug-likeness (QED) is 0.837. The zero-order valence-electron chi connectivity index (χ0n) is 13.5. The third-order valence-corrected chi connectivity index (χ3v) is 3.79. The summed E-state index contributed by atoms with van der Waals surface area (Å²) in [6, 6.07) is 14.0. The van der Waals surface area contributed by atoms with Crippen LogP contribution in [0.2, 0.25) is 0 Å². The lowest BCUT2D eigenvalue weighted by atomic mass is 10.0. The number of aryl methyl sites for hydroxylation is 1. The average Bonchev–Trinajstić information content (AvgIpc) is 2.58. The number of carbonyl (C=O) groups is 1. The molecule has 0 aromatic heterocycles. The van der Waals surface area contributed by atoms with Gasteiger partial charge in [-0.1, -0.05) is 31.2 Å². The van der Waals surface area contributed by atoms with Crippen LogP contribution in [0.1, 0.15) is 36.9 Å². The topological polar surface area (TPSA) is 38.3 Å². The Kier molecular flexibility index (Phi) is 6.15. The minimum absolute atomic E-state index is 0.0269. The van der Waals surface area contributed by atoms with Gasteiger partial charge in [-0.25, -0.2) is 4.39 Å². The summed E-state index contributed by atoms with van der Waals surface area (Å²) < 4.78 is 18.3. The maximum Gasteiger partial charge on any atom is 0.220 e.